The third-order valence-corrected chi connectivity index (χ3v) is 4.10. The number of rotatable bonds is 3. The van der Waals surface area contributed by atoms with Gasteiger partial charge in [-0.15, -0.1) is 11.3 Å². The summed E-state index contributed by atoms with van der Waals surface area (Å²) < 4.78 is 5.30. The lowest BCUT2D eigenvalue weighted by atomic mass is 10.0. The lowest BCUT2D eigenvalue weighted by Gasteiger charge is -2.13. The molecule has 0 amide bonds. The number of hydrogen-bond donors (Lipinski definition) is 1. The average molecular weight is 262 g/mol. The van der Waals surface area contributed by atoms with E-state index in [9.17, 15) is 5.11 Å². The summed E-state index contributed by atoms with van der Waals surface area (Å²) in [7, 11) is 1.65. The first-order valence-electron chi connectivity index (χ1n) is 5.92. The first-order valence-corrected chi connectivity index (χ1v) is 6.74. The molecule has 0 saturated heterocycles. The summed E-state index contributed by atoms with van der Waals surface area (Å²) in [4.78, 5) is 2.39. The monoisotopic (exact) mass is 262 g/mol. The predicted octanol–water partition coefficient (Wildman–Crippen LogP) is 3.76. The van der Waals surface area contributed by atoms with Gasteiger partial charge >= 0.3 is 0 Å². The minimum Gasteiger partial charge on any atom is -0.496 e. The molecule has 1 heterocycles. The molecular formula is C15H18O2S. The van der Waals surface area contributed by atoms with Gasteiger partial charge in [-0.3, -0.25) is 0 Å². The molecule has 1 aromatic carbocycles. The molecule has 0 saturated carbocycles. The number of aliphatic hydroxyl groups is 1. The maximum Gasteiger partial charge on any atom is 0.122 e. The van der Waals surface area contributed by atoms with E-state index < -0.39 is 6.10 Å². The smallest absolute Gasteiger partial charge is 0.122 e. The first kappa shape index (κ1) is 13.1. The van der Waals surface area contributed by atoms with E-state index in [4.69, 9.17) is 4.74 Å². The number of methoxy groups -OCH3 is 1. The minimum atomic E-state index is -0.579. The van der Waals surface area contributed by atoms with Crippen molar-refractivity contribution in [2.75, 3.05) is 7.11 Å². The molecule has 0 aliphatic carbocycles. The first-order chi connectivity index (χ1) is 8.52. The average Bonchev–Trinajstić information content (AvgIpc) is 2.68. The van der Waals surface area contributed by atoms with Crippen LogP contribution in [0, 0.1) is 20.8 Å². The molecule has 0 bridgehead atoms. The van der Waals surface area contributed by atoms with Crippen molar-refractivity contribution >= 4 is 11.3 Å². The second-order valence-corrected chi connectivity index (χ2v) is 5.96. The molecule has 2 nitrogen and oxygen atoms in total. The third kappa shape index (κ3) is 2.42. The van der Waals surface area contributed by atoms with E-state index in [0.29, 0.717) is 0 Å². The van der Waals surface area contributed by atoms with Crippen LogP contribution in [0.5, 0.6) is 5.75 Å². The van der Waals surface area contributed by atoms with Crippen LogP contribution < -0.4 is 4.74 Å². The number of aliphatic hydroxyl groups excluding tert-OH is 1. The lowest BCUT2D eigenvalue weighted by molar-refractivity contribution is 0.219. The summed E-state index contributed by atoms with van der Waals surface area (Å²) in [6.45, 7) is 6.10. The van der Waals surface area contributed by atoms with E-state index in [1.807, 2.05) is 32.0 Å². The van der Waals surface area contributed by atoms with Crippen molar-refractivity contribution in [3.05, 3.63) is 50.7 Å². The second-order valence-electron chi connectivity index (χ2n) is 4.50. The molecule has 96 valence electrons. The number of hydrogen-bond acceptors (Lipinski definition) is 3. The maximum atomic E-state index is 10.4. The third-order valence-electron chi connectivity index (χ3n) is 3.12. The molecule has 0 aliphatic rings. The molecule has 2 rings (SSSR count). The maximum absolute atomic E-state index is 10.4. The molecule has 0 fully saturated rings. The minimum absolute atomic E-state index is 0.579. The Hall–Kier alpha value is -1.32. The molecule has 1 atom stereocenters. The number of ether oxygens (including phenoxy) is 1. The van der Waals surface area contributed by atoms with Gasteiger partial charge in [-0.25, -0.2) is 0 Å². The fourth-order valence-electron chi connectivity index (χ4n) is 2.11. The summed E-state index contributed by atoms with van der Waals surface area (Å²) in [5.41, 5.74) is 2.94. The van der Waals surface area contributed by atoms with Crippen LogP contribution in [0.25, 0.3) is 0 Å². The topological polar surface area (TPSA) is 29.5 Å². The summed E-state index contributed by atoms with van der Waals surface area (Å²) >= 11 is 1.71. The van der Waals surface area contributed by atoms with E-state index in [1.54, 1.807) is 18.4 Å². The Kier molecular flexibility index (Phi) is 3.73. The lowest BCUT2D eigenvalue weighted by Crippen LogP contribution is -2.00. The van der Waals surface area contributed by atoms with Crippen LogP contribution >= 0.6 is 11.3 Å². The number of aryl methyl sites for hydroxylation is 3. The van der Waals surface area contributed by atoms with Crippen LogP contribution in [-0.4, -0.2) is 12.2 Å². The largest absolute Gasteiger partial charge is 0.496 e. The van der Waals surface area contributed by atoms with Gasteiger partial charge in [0.2, 0.25) is 0 Å². The zero-order chi connectivity index (χ0) is 13.3. The van der Waals surface area contributed by atoms with Crippen LogP contribution in [-0.2, 0) is 0 Å². The SMILES string of the molecule is COc1cc(C(O)c2cc(C)sc2C)ccc1C. The summed E-state index contributed by atoms with van der Waals surface area (Å²) in [6.07, 6.45) is -0.579. The van der Waals surface area contributed by atoms with Gasteiger partial charge < -0.3 is 9.84 Å². The van der Waals surface area contributed by atoms with Gasteiger partial charge in [-0.1, -0.05) is 12.1 Å². The Morgan fingerprint density at radius 3 is 2.44 bits per heavy atom. The van der Waals surface area contributed by atoms with Crippen molar-refractivity contribution in [1.82, 2.24) is 0 Å². The van der Waals surface area contributed by atoms with E-state index in [2.05, 4.69) is 13.0 Å². The molecule has 1 N–H and O–H groups in total. The van der Waals surface area contributed by atoms with Crippen molar-refractivity contribution in [3.8, 4) is 5.75 Å². The molecule has 0 aliphatic heterocycles. The zero-order valence-electron chi connectivity index (χ0n) is 11.2. The number of thiophene rings is 1. The summed E-state index contributed by atoms with van der Waals surface area (Å²) in [6, 6.07) is 7.89. The molecule has 2 aromatic rings. The second kappa shape index (κ2) is 5.12. The highest BCUT2D eigenvalue weighted by Gasteiger charge is 2.16. The van der Waals surface area contributed by atoms with Crippen molar-refractivity contribution in [1.29, 1.82) is 0 Å². The summed E-state index contributed by atoms with van der Waals surface area (Å²) in [5.74, 6) is 0.816. The predicted molar refractivity (Wildman–Crippen MR) is 75.6 cm³/mol. The van der Waals surface area contributed by atoms with Crippen LogP contribution in [0.15, 0.2) is 24.3 Å². The fraction of sp³-hybridized carbons (Fsp3) is 0.333. The van der Waals surface area contributed by atoms with Crippen molar-refractivity contribution < 1.29 is 9.84 Å². The van der Waals surface area contributed by atoms with Gasteiger partial charge in [-0.05, 0) is 49.6 Å². The molecule has 18 heavy (non-hydrogen) atoms. The Balaban J connectivity index is 2.39. The highest BCUT2D eigenvalue weighted by Crippen LogP contribution is 2.32. The van der Waals surface area contributed by atoms with Crippen LogP contribution in [0.1, 0.15) is 32.5 Å². The molecular weight excluding hydrogens is 244 g/mol. The van der Waals surface area contributed by atoms with E-state index in [1.165, 1.54) is 9.75 Å². The van der Waals surface area contributed by atoms with Gasteiger partial charge in [0.25, 0.3) is 0 Å². The van der Waals surface area contributed by atoms with Gasteiger partial charge in [0.1, 0.15) is 11.9 Å². The van der Waals surface area contributed by atoms with E-state index in [-0.39, 0.29) is 0 Å². The van der Waals surface area contributed by atoms with Gasteiger partial charge in [0.15, 0.2) is 0 Å². The van der Waals surface area contributed by atoms with Crippen molar-refractivity contribution in [2.24, 2.45) is 0 Å². The van der Waals surface area contributed by atoms with Crippen LogP contribution in [0.2, 0.25) is 0 Å². The molecule has 0 radical (unpaired) electrons. The summed E-state index contributed by atoms with van der Waals surface area (Å²) in [5, 5.41) is 10.4. The van der Waals surface area contributed by atoms with Crippen LogP contribution in [0.4, 0.5) is 0 Å². The van der Waals surface area contributed by atoms with Gasteiger partial charge in [0, 0.05) is 9.75 Å². The highest BCUT2D eigenvalue weighted by atomic mass is 32.1. The Labute approximate surface area is 112 Å². The Morgan fingerprint density at radius 2 is 1.89 bits per heavy atom. The highest BCUT2D eigenvalue weighted by molar-refractivity contribution is 7.12. The molecule has 1 aromatic heterocycles. The van der Waals surface area contributed by atoms with Gasteiger partial charge in [0.05, 0.1) is 7.11 Å². The Bertz CT molecular complexity index is 558. The van der Waals surface area contributed by atoms with E-state index in [0.717, 1.165) is 22.4 Å². The molecule has 3 heteroatoms. The zero-order valence-corrected chi connectivity index (χ0v) is 12.0. The number of benzene rings is 1. The van der Waals surface area contributed by atoms with Crippen molar-refractivity contribution in [2.45, 2.75) is 26.9 Å². The standard InChI is InChI=1S/C15H18O2S/c1-9-5-6-12(8-14(9)17-4)15(16)13-7-10(2)18-11(13)3/h5-8,15-16H,1-4H3. The van der Waals surface area contributed by atoms with Crippen molar-refractivity contribution in [3.63, 3.8) is 0 Å². The molecule has 1 unspecified atom stereocenters. The van der Waals surface area contributed by atoms with Crippen LogP contribution in [0.3, 0.4) is 0 Å². The normalized spacial score (nSPS) is 12.5. The molecule has 0 spiro atoms. The van der Waals surface area contributed by atoms with E-state index >= 15 is 0 Å². The fourth-order valence-corrected chi connectivity index (χ4v) is 3.07. The van der Waals surface area contributed by atoms with Gasteiger partial charge in [-0.2, -0.15) is 0 Å². The Morgan fingerprint density at radius 1 is 1.17 bits per heavy atom. The quantitative estimate of drug-likeness (QED) is 0.912.